The Hall–Kier alpha value is -3.56. The van der Waals surface area contributed by atoms with Crippen LogP contribution < -0.4 is 20.7 Å². The molecule has 0 unspecified atom stereocenters. The number of ether oxygens (including phenoxy) is 1. The number of nitrogen functional groups attached to an aromatic ring is 1. The third-order valence-corrected chi connectivity index (χ3v) is 5.55. The monoisotopic (exact) mass is 485 g/mol. The number of nitrogens with zero attached hydrogens (tertiary/aromatic N) is 1. The largest absolute Gasteiger partial charge is 0.492 e. The van der Waals surface area contributed by atoms with Gasteiger partial charge in [-0.25, -0.2) is 0 Å². The second-order valence-electron chi connectivity index (χ2n) is 7.35. The Morgan fingerprint density at radius 3 is 2.32 bits per heavy atom. The third-order valence-electron chi connectivity index (χ3n) is 4.68. The van der Waals surface area contributed by atoms with Crippen LogP contribution in [0.4, 0.5) is 17.1 Å². The minimum atomic E-state index is -4.28. The van der Waals surface area contributed by atoms with Crippen molar-refractivity contribution in [3.8, 4) is 5.75 Å². The van der Waals surface area contributed by atoms with Gasteiger partial charge in [0.1, 0.15) is 10.6 Å². The summed E-state index contributed by atoms with van der Waals surface area (Å²) < 4.78 is 35.7. The Morgan fingerprint density at radius 1 is 1.03 bits per heavy atom. The van der Waals surface area contributed by atoms with Crippen molar-refractivity contribution in [1.29, 1.82) is 0 Å². The molecule has 0 radical (unpaired) electrons. The van der Waals surface area contributed by atoms with Gasteiger partial charge < -0.3 is 20.7 Å². The topological polar surface area (TPSA) is 122 Å². The van der Waals surface area contributed by atoms with E-state index in [2.05, 4.69) is 47.5 Å². The van der Waals surface area contributed by atoms with Gasteiger partial charge in [0.05, 0.1) is 6.61 Å². The molecule has 9 heteroatoms. The molecule has 0 aliphatic rings. The summed E-state index contributed by atoms with van der Waals surface area (Å²) in [7, 11) is -4.28. The zero-order valence-corrected chi connectivity index (χ0v) is 20.4. The molecule has 0 spiro atoms. The van der Waals surface area contributed by atoms with Crippen LogP contribution in [0.15, 0.2) is 77.7 Å². The van der Waals surface area contributed by atoms with Crippen molar-refractivity contribution in [2.75, 3.05) is 29.1 Å². The normalized spacial score (nSPS) is 10.6. The molecule has 3 rings (SSSR count). The van der Waals surface area contributed by atoms with E-state index in [1.807, 2.05) is 24.3 Å². The van der Waals surface area contributed by atoms with Crippen LogP contribution in [-0.4, -0.2) is 32.0 Å². The summed E-state index contributed by atoms with van der Waals surface area (Å²) in [5.74, 6) is 0.0532. The highest BCUT2D eigenvalue weighted by Gasteiger charge is 2.16. The summed E-state index contributed by atoms with van der Waals surface area (Å²) in [5.41, 5.74) is 8.87. The minimum absolute atomic E-state index is 0.0479. The number of anilines is 3. The first-order valence-electron chi connectivity index (χ1n) is 10.8. The fourth-order valence-corrected chi connectivity index (χ4v) is 3.84. The van der Waals surface area contributed by atoms with E-state index in [0.717, 1.165) is 30.5 Å². The molecular formula is C25H31N3O5S. The predicted octanol–water partition coefficient (Wildman–Crippen LogP) is 4.59. The van der Waals surface area contributed by atoms with Crippen LogP contribution in [0.3, 0.4) is 0 Å². The van der Waals surface area contributed by atoms with Gasteiger partial charge in [0.2, 0.25) is 5.91 Å². The lowest BCUT2D eigenvalue weighted by molar-refractivity contribution is -0.114. The van der Waals surface area contributed by atoms with Gasteiger partial charge in [0.25, 0.3) is 10.1 Å². The molecule has 0 saturated carbocycles. The Balaban J connectivity index is 0.000000257. The number of carbonyl (C=O) groups excluding carboxylic acids is 1. The lowest BCUT2D eigenvalue weighted by Crippen LogP contribution is -2.22. The third kappa shape index (κ3) is 8.42. The molecule has 0 atom stereocenters. The maximum Gasteiger partial charge on any atom is 0.298 e. The summed E-state index contributed by atoms with van der Waals surface area (Å²) in [6, 6.07) is 22.4. The molecule has 0 saturated heterocycles. The van der Waals surface area contributed by atoms with Crippen LogP contribution in [0.5, 0.6) is 5.75 Å². The zero-order chi connectivity index (χ0) is 25.1. The Morgan fingerprint density at radius 2 is 1.74 bits per heavy atom. The van der Waals surface area contributed by atoms with Gasteiger partial charge in [-0.15, -0.1) is 0 Å². The number of nitrogens with two attached hydrogens (primary N) is 1. The number of rotatable bonds is 8. The van der Waals surface area contributed by atoms with E-state index in [-0.39, 0.29) is 22.2 Å². The van der Waals surface area contributed by atoms with E-state index < -0.39 is 10.1 Å². The van der Waals surface area contributed by atoms with Crippen LogP contribution in [-0.2, 0) is 21.5 Å². The highest BCUT2D eigenvalue weighted by Crippen LogP contribution is 2.26. The van der Waals surface area contributed by atoms with E-state index >= 15 is 0 Å². The van der Waals surface area contributed by atoms with Crippen molar-refractivity contribution in [3.63, 3.8) is 0 Å². The zero-order valence-electron chi connectivity index (χ0n) is 19.6. The molecule has 0 aliphatic heterocycles. The molecule has 1 amide bonds. The maximum absolute atomic E-state index is 11.1. The minimum Gasteiger partial charge on any atom is -0.492 e. The van der Waals surface area contributed by atoms with Gasteiger partial charge in [0.15, 0.2) is 0 Å². The summed E-state index contributed by atoms with van der Waals surface area (Å²) in [5, 5.41) is 2.82. The molecule has 182 valence electrons. The number of amides is 1. The number of carbonyl (C=O) groups is 1. The molecule has 0 heterocycles. The molecular weight excluding hydrogens is 454 g/mol. The van der Waals surface area contributed by atoms with Gasteiger partial charge in [0, 0.05) is 37.1 Å². The smallest absolute Gasteiger partial charge is 0.298 e. The Bertz CT molecular complexity index is 1180. The van der Waals surface area contributed by atoms with Gasteiger partial charge in [-0.1, -0.05) is 36.4 Å². The van der Waals surface area contributed by atoms with Gasteiger partial charge >= 0.3 is 0 Å². The van der Waals surface area contributed by atoms with Gasteiger partial charge in [-0.2, -0.15) is 8.42 Å². The second kappa shape index (κ2) is 12.6. The van der Waals surface area contributed by atoms with E-state index in [9.17, 15) is 13.2 Å². The molecule has 8 nitrogen and oxygen atoms in total. The first kappa shape index (κ1) is 26.7. The van der Waals surface area contributed by atoms with Crippen LogP contribution in [0, 0.1) is 0 Å². The molecule has 0 aromatic heterocycles. The van der Waals surface area contributed by atoms with Gasteiger partial charge in [-0.3, -0.25) is 9.35 Å². The average Bonchev–Trinajstić information content (AvgIpc) is 2.79. The van der Waals surface area contributed by atoms with E-state index in [1.165, 1.54) is 24.6 Å². The lowest BCUT2D eigenvalue weighted by atomic mass is 10.2. The fourth-order valence-electron chi connectivity index (χ4n) is 3.17. The summed E-state index contributed by atoms with van der Waals surface area (Å²) in [4.78, 5) is 13.1. The van der Waals surface area contributed by atoms with Crippen molar-refractivity contribution < 1.29 is 22.5 Å². The van der Waals surface area contributed by atoms with E-state index in [1.54, 1.807) is 6.92 Å². The van der Waals surface area contributed by atoms with E-state index in [4.69, 9.17) is 15.0 Å². The molecule has 4 N–H and O–H groups in total. The van der Waals surface area contributed by atoms with Crippen molar-refractivity contribution in [3.05, 3.63) is 78.4 Å². The number of nitrogens with one attached hydrogen (secondary N) is 1. The first-order valence-corrected chi connectivity index (χ1v) is 12.2. The van der Waals surface area contributed by atoms with Crippen LogP contribution >= 0.6 is 0 Å². The lowest BCUT2D eigenvalue weighted by Gasteiger charge is -2.24. The van der Waals surface area contributed by atoms with Crippen molar-refractivity contribution in [2.45, 2.75) is 32.2 Å². The van der Waals surface area contributed by atoms with Gasteiger partial charge in [-0.05, 0) is 55.8 Å². The van der Waals surface area contributed by atoms with Crippen molar-refractivity contribution in [2.24, 2.45) is 0 Å². The maximum atomic E-state index is 11.1. The van der Waals surface area contributed by atoms with Crippen molar-refractivity contribution in [1.82, 2.24) is 0 Å². The van der Waals surface area contributed by atoms with Crippen LogP contribution in [0.1, 0.15) is 26.3 Å². The molecule has 3 aromatic rings. The number of benzene rings is 3. The second-order valence-corrected chi connectivity index (χ2v) is 8.74. The Kier molecular flexibility index (Phi) is 9.91. The quantitative estimate of drug-likeness (QED) is 0.315. The van der Waals surface area contributed by atoms with Crippen molar-refractivity contribution >= 4 is 33.1 Å². The first-order chi connectivity index (χ1) is 16.1. The fraction of sp³-hybridized carbons (Fsp3) is 0.240. The standard InChI is InChI=1S/C17H20N2O.C8H11NO4S/c1-3-19(13-15-8-5-4-6-9-15)17-11-7-10-16(12-17)18-14(2)20;1-2-13-7-4-3-6(9)5-8(7)14(10,11)12/h4-12H,3,13H2,1-2H3,(H,18,20);3-5H,2,9H2,1H3,(H,10,11,12). The van der Waals surface area contributed by atoms with Crippen LogP contribution in [0.2, 0.25) is 0 Å². The van der Waals surface area contributed by atoms with Crippen LogP contribution in [0.25, 0.3) is 0 Å². The summed E-state index contributed by atoms with van der Waals surface area (Å²) >= 11 is 0. The SMILES string of the molecule is CCN(Cc1ccccc1)c1cccc(NC(C)=O)c1.CCOc1ccc(N)cc1S(=O)(=O)O. The Labute approximate surface area is 201 Å². The molecule has 34 heavy (non-hydrogen) atoms. The predicted molar refractivity (Wildman–Crippen MR) is 136 cm³/mol. The molecule has 0 aliphatic carbocycles. The highest BCUT2D eigenvalue weighted by molar-refractivity contribution is 7.86. The summed E-state index contributed by atoms with van der Waals surface area (Å²) in [6.45, 7) is 7.46. The average molecular weight is 486 g/mol. The molecule has 3 aromatic carbocycles. The summed E-state index contributed by atoms with van der Waals surface area (Å²) in [6.07, 6.45) is 0. The molecule has 0 fully saturated rings. The molecule has 0 bridgehead atoms. The number of hydrogen-bond acceptors (Lipinski definition) is 6. The highest BCUT2D eigenvalue weighted by atomic mass is 32.2. The number of hydrogen-bond donors (Lipinski definition) is 3. The van der Waals surface area contributed by atoms with E-state index in [0.29, 0.717) is 6.61 Å².